The fraction of sp³-hybridized carbons (Fsp3) is 0.400. The van der Waals surface area contributed by atoms with Crippen LogP contribution in [0.1, 0.15) is 11.9 Å². The van der Waals surface area contributed by atoms with Crippen molar-refractivity contribution in [2.75, 3.05) is 6.54 Å². The molecule has 1 atom stereocenters. The molecule has 0 fully saturated rings. The molecular weight excluding hydrogens is 120 g/mol. The molecule has 1 heterocycles. The molecule has 0 saturated heterocycles. The summed E-state index contributed by atoms with van der Waals surface area (Å²) in [6.07, 6.45) is 1.98. The largest absolute Gasteiger partial charge is 0.446 e. The van der Waals surface area contributed by atoms with Gasteiger partial charge in [-0.25, -0.2) is 4.98 Å². The Hall–Kier alpha value is -0.870. The van der Waals surface area contributed by atoms with Gasteiger partial charge in [0, 0.05) is 6.54 Å². The predicted molar refractivity (Wildman–Crippen MR) is 30.5 cm³/mol. The van der Waals surface area contributed by atoms with Crippen molar-refractivity contribution in [2.24, 2.45) is 5.73 Å². The Bertz CT molecular complexity index is 161. The summed E-state index contributed by atoms with van der Waals surface area (Å²) < 4.78 is 4.75. The quantitative estimate of drug-likeness (QED) is 0.571. The van der Waals surface area contributed by atoms with E-state index in [1.54, 1.807) is 0 Å². The highest BCUT2D eigenvalue weighted by Crippen LogP contribution is 2.07. The van der Waals surface area contributed by atoms with E-state index >= 15 is 0 Å². The third kappa shape index (κ3) is 1.28. The Balaban J connectivity index is 2.65. The van der Waals surface area contributed by atoms with Crippen molar-refractivity contribution < 1.29 is 9.52 Å². The Morgan fingerprint density at radius 2 is 2.67 bits per heavy atom. The van der Waals surface area contributed by atoms with E-state index in [0.29, 0.717) is 5.76 Å². The summed E-state index contributed by atoms with van der Waals surface area (Å²) in [7, 11) is 0. The maximum Gasteiger partial charge on any atom is 0.180 e. The SMILES string of the molecule is NC[C@@H](O)c1cnco1. The molecule has 0 aliphatic rings. The van der Waals surface area contributed by atoms with Gasteiger partial charge in [-0.2, -0.15) is 0 Å². The zero-order valence-electron chi connectivity index (χ0n) is 4.82. The van der Waals surface area contributed by atoms with E-state index in [1.165, 1.54) is 12.6 Å². The molecule has 4 heteroatoms. The van der Waals surface area contributed by atoms with E-state index in [4.69, 9.17) is 15.3 Å². The van der Waals surface area contributed by atoms with Gasteiger partial charge in [-0.15, -0.1) is 0 Å². The maximum absolute atomic E-state index is 8.96. The molecule has 1 rings (SSSR count). The molecule has 0 aliphatic carbocycles. The molecule has 4 nitrogen and oxygen atoms in total. The number of hydrogen-bond acceptors (Lipinski definition) is 4. The number of nitrogens with zero attached hydrogens (tertiary/aromatic N) is 1. The van der Waals surface area contributed by atoms with Gasteiger partial charge in [0.2, 0.25) is 0 Å². The zero-order valence-corrected chi connectivity index (χ0v) is 4.82. The van der Waals surface area contributed by atoms with E-state index in [1.807, 2.05) is 0 Å². The van der Waals surface area contributed by atoms with Crippen LogP contribution in [0.5, 0.6) is 0 Å². The third-order valence-electron chi connectivity index (χ3n) is 1.00. The summed E-state index contributed by atoms with van der Waals surface area (Å²) in [6.45, 7) is 0.162. The van der Waals surface area contributed by atoms with E-state index < -0.39 is 6.10 Å². The molecule has 9 heavy (non-hydrogen) atoms. The molecule has 1 aromatic rings. The van der Waals surface area contributed by atoms with Crippen molar-refractivity contribution in [2.45, 2.75) is 6.10 Å². The highest BCUT2D eigenvalue weighted by atomic mass is 16.4. The molecule has 50 valence electrons. The monoisotopic (exact) mass is 128 g/mol. The summed E-state index contributed by atoms with van der Waals surface area (Å²) in [5.74, 6) is 0.414. The lowest BCUT2D eigenvalue weighted by Gasteiger charge is -1.99. The van der Waals surface area contributed by atoms with Crippen molar-refractivity contribution >= 4 is 0 Å². The fourth-order valence-corrected chi connectivity index (χ4v) is 0.506. The summed E-state index contributed by atoms with van der Waals surface area (Å²) in [6, 6.07) is 0. The minimum Gasteiger partial charge on any atom is -0.446 e. The molecule has 1 aromatic heterocycles. The van der Waals surface area contributed by atoms with Crippen molar-refractivity contribution in [3.05, 3.63) is 18.4 Å². The van der Waals surface area contributed by atoms with Gasteiger partial charge in [0.1, 0.15) is 6.10 Å². The lowest BCUT2D eigenvalue weighted by atomic mass is 10.3. The molecule has 0 radical (unpaired) electrons. The number of aromatic nitrogens is 1. The highest BCUT2D eigenvalue weighted by Gasteiger charge is 2.06. The van der Waals surface area contributed by atoms with Crippen LogP contribution in [0.25, 0.3) is 0 Å². The van der Waals surface area contributed by atoms with E-state index in [0.717, 1.165) is 0 Å². The molecular formula is C5H8N2O2. The van der Waals surface area contributed by atoms with Crippen LogP contribution < -0.4 is 5.73 Å². The van der Waals surface area contributed by atoms with Crippen LogP contribution in [-0.2, 0) is 0 Å². The maximum atomic E-state index is 8.96. The van der Waals surface area contributed by atoms with Crippen molar-refractivity contribution in [3.63, 3.8) is 0 Å². The van der Waals surface area contributed by atoms with Gasteiger partial charge in [0.15, 0.2) is 12.2 Å². The number of aliphatic hydroxyl groups is 1. The third-order valence-corrected chi connectivity index (χ3v) is 1.00. The second-order valence-corrected chi connectivity index (χ2v) is 1.66. The molecule has 0 aromatic carbocycles. The fourth-order valence-electron chi connectivity index (χ4n) is 0.506. The Morgan fingerprint density at radius 1 is 1.89 bits per heavy atom. The standard InChI is InChI=1S/C5H8N2O2/c6-1-4(8)5-2-7-3-9-5/h2-4,8H,1,6H2/t4-/m1/s1. The van der Waals surface area contributed by atoms with Gasteiger partial charge in [0.05, 0.1) is 6.20 Å². The molecule has 0 bridgehead atoms. The van der Waals surface area contributed by atoms with Gasteiger partial charge < -0.3 is 15.3 Å². The lowest BCUT2D eigenvalue weighted by molar-refractivity contribution is 0.158. The first kappa shape index (κ1) is 6.25. The van der Waals surface area contributed by atoms with Gasteiger partial charge in [0.25, 0.3) is 0 Å². The Labute approximate surface area is 52.3 Å². The molecule has 0 aliphatic heterocycles. The number of nitrogens with two attached hydrogens (primary N) is 1. The minimum atomic E-state index is -0.715. The van der Waals surface area contributed by atoms with E-state index in [-0.39, 0.29) is 6.54 Å². The van der Waals surface area contributed by atoms with Crippen molar-refractivity contribution in [1.82, 2.24) is 4.98 Å². The second-order valence-electron chi connectivity index (χ2n) is 1.66. The van der Waals surface area contributed by atoms with E-state index in [9.17, 15) is 0 Å². The molecule has 0 amide bonds. The van der Waals surface area contributed by atoms with Crippen molar-refractivity contribution in [3.8, 4) is 0 Å². The lowest BCUT2D eigenvalue weighted by Crippen LogP contribution is -2.10. The normalized spacial score (nSPS) is 13.6. The van der Waals surface area contributed by atoms with Crippen LogP contribution in [0.15, 0.2) is 17.0 Å². The number of aliphatic hydroxyl groups excluding tert-OH is 1. The first-order valence-corrected chi connectivity index (χ1v) is 2.61. The van der Waals surface area contributed by atoms with E-state index in [2.05, 4.69) is 4.98 Å². The van der Waals surface area contributed by atoms with Crippen LogP contribution in [0.4, 0.5) is 0 Å². The molecule has 0 spiro atoms. The van der Waals surface area contributed by atoms with Crippen LogP contribution in [0, 0.1) is 0 Å². The highest BCUT2D eigenvalue weighted by molar-refractivity contribution is 4.93. The van der Waals surface area contributed by atoms with Gasteiger partial charge in [-0.1, -0.05) is 0 Å². The number of hydrogen-bond donors (Lipinski definition) is 2. The van der Waals surface area contributed by atoms with Crippen molar-refractivity contribution in [1.29, 1.82) is 0 Å². The first-order valence-electron chi connectivity index (χ1n) is 2.61. The average molecular weight is 128 g/mol. The van der Waals surface area contributed by atoms with Gasteiger partial charge in [-0.05, 0) is 0 Å². The predicted octanol–water partition coefficient (Wildman–Crippen LogP) is -0.333. The smallest absolute Gasteiger partial charge is 0.180 e. The Morgan fingerprint density at radius 3 is 3.11 bits per heavy atom. The van der Waals surface area contributed by atoms with Crippen LogP contribution in [0.2, 0.25) is 0 Å². The average Bonchev–Trinajstić information content (AvgIpc) is 2.37. The summed E-state index contributed by atoms with van der Waals surface area (Å²) in [5, 5.41) is 8.96. The minimum absolute atomic E-state index is 0.162. The molecule has 3 N–H and O–H groups in total. The van der Waals surface area contributed by atoms with Crippen LogP contribution in [0.3, 0.4) is 0 Å². The van der Waals surface area contributed by atoms with Crippen LogP contribution >= 0.6 is 0 Å². The molecule has 0 saturated carbocycles. The first-order chi connectivity index (χ1) is 4.34. The number of rotatable bonds is 2. The zero-order chi connectivity index (χ0) is 6.69. The number of oxazole rings is 1. The summed E-state index contributed by atoms with van der Waals surface area (Å²) in [4.78, 5) is 3.61. The summed E-state index contributed by atoms with van der Waals surface area (Å²) >= 11 is 0. The summed E-state index contributed by atoms with van der Waals surface area (Å²) in [5.41, 5.74) is 5.13. The second kappa shape index (κ2) is 2.61. The molecule has 0 unspecified atom stereocenters. The Kier molecular flexibility index (Phi) is 1.81. The van der Waals surface area contributed by atoms with Gasteiger partial charge >= 0.3 is 0 Å². The van der Waals surface area contributed by atoms with Gasteiger partial charge in [-0.3, -0.25) is 0 Å². The van der Waals surface area contributed by atoms with Crippen LogP contribution in [-0.4, -0.2) is 16.6 Å². The topological polar surface area (TPSA) is 72.3 Å².